The van der Waals surface area contributed by atoms with Crippen molar-refractivity contribution in [3.63, 3.8) is 0 Å². The van der Waals surface area contributed by atoms with Crippen LogP contribution in [0.4, 0.5) is 5.69 Å². The van der Waals surface area contributed by atoms with E-state index in [1.165, 1.54) is 11.3 Å². The molecule has 0 saturated heterocycles. The Bertz CT molecular complexity index is 1080. The van der Waals surface area contributed by atoms with E-state index in [9.17, 15) is 9.59 Å². The lowest BCUT2D eigenvalue weighted by Gasteiger charge is -2.06. The summed E-state index contributed by atoms with van der Waals surface area (Å²) in [5, 5.41) is 9.33. The zero-order valence-electron chi connectivity index (χ0n) is 15.6. The molecule has 2 N–H and O–H groups in total. The molecule has 0 atom stereocenters. The minimum atomic E-state index is -0.110. The van der Waals surface area contributed by atoms with Crippen molar-refractivity contribution in [3.05, 3.63) is 70.9 Å². The Kier molecular flexibility index (Phi) is 5.67. The topological polar surface area (TPSA) is 84.2 Å². The Morgan fingerprint density at radius 2 is 1.86 bits per heavy atom. The number of thiophene rings is 1. The average Bonchev–Trinajstić information content (AvgIpc) is 3.41. The number of anilines is 1. The van der Waals surface area contributed by atoms with Gasteiger partial charge in [0.05, 0.1) is 0 Å². The highest BCUT2D eigenvalue weighted by Gasteiger charge is 2.09. The Hall–Kier alpha value is -3.45. The van der Waals surface area contributed by atoms with Crippen LogP contribution in [0.25, 0.3) is 22.6 Å². The fourth-order valence-electron chi connectivity index (χ4n) is 2.86. The van der Waals surface area contributed by atoms with Gasteiger partial charge in [-0.05, 0) is 54.3 Å². The van der Waals surface area contributed by atoms with Crippen molar-refractivity contribution in [3.8, 4) is 11.5 Å². The standard InChI is InChI=1S/C22H19N3O3S/c26-20(6-3-12-23-21(27)16-11-13-29-14-16)24-17-9-7-15(8-10-17)22-25-18-4-1-2-5-19(18)28-22/h1-2,4-5,7-11,13-14H,3,6,12H2,(H,23,27)(H,24,26). The first kappa shape index (κ1) is 18.9. The van der Waals surface area contributed by atoms with E-state index in [4.69, 9.17) is 4.42 Å². The van der Waals surface area contributed by atoms with Crippen molar-refractivity contribution in [1.82, 2.24) is 10.3 Å². The van der Waals surface area contributed by atoms with Gasteiger partial charge >= 0.3 is 0 Å². The highest BCUT2D eigenvalue weighted by atomic mass is 32.1. The van der Waals surface area contributed by atoms with Crippen molar-refractivity contribution in [2.24, 2.45) is 0 Å². The van der Waals surface area contributed by atoms with Crippen LogP contribution in [-0.2, 0) is 4.79 Å². The number of fused-ring (bicyclic) bond motifs is 1. The number of nitrogens with one attached hydrogen (secondary N) is 2. The van der Waals surface area contributed by atoms with E-state index in [2.05, 4.69) is 15.6 Å². The Balaban J connectivity index is 1.26. The first-order valence-electron chi connectivity index (χ1n) is 9.25. The molecule has 2 aromatic carbocycles. The van der Waals surface area contributed by atoms with Gasteiger partial charge in [0.25, 0.3) is 5.91 Å². The highest BCUT2D eigenvalue weighted by Crippen LogP contribution is 2.25. The lowest BCUT2D eigenvalue weighted by atomic mass is 10.2. The quantitative estimate of drug-likeness (QED) is 0.436. The van der Waals surface area contributed by atoms with Crippen LogP contribution in [0, 0.1) is 0 Å². The molecule has 0 aliphatic heterocycles. The monoisotopic (exact) mass is 405 g/mol. The molecule has 0 aliphatic carbocycles. The van der Waals surface area contributed by atoms with Crippen molar-refractivity contribution < 1.29 is 14.0 Å². The van der Waals surface area contributed by atoms with Gasteiger partial charge in [0, 0.05) is 35.2 Å². The summed E-state index contributed by atoms with van der Waals surface area (Å²) in [6.07, 6.45) is 0.902. The second-order valence-corrected chi connectivity index (χ2v) is 7.26. The van der Waals surface area contributed by atoms with Crippen LogP contribution >= 0.6 is 11.3 Å². The summed E-state index contributed by atoms with van der Waals surface area (Å²) in [5.41, 5.74) is 3.75. The predicted molar refractivity (Wildman–Crippen MR) is 114 cm³/mol. The number of nitrogens with zero attached hydrogens (tertiary/aromatic N) is 1. The summed E-state index contributed by atoms with van der Waals surface area (Å²) in [5.74, 6) is 0.344. The van der Waals surface area contributed by atoms with Crippen molar-refractivity contribution >= 4 is 39.9 Å². The molecule has 0 bridgehead atoms. The fraction of sp³-hybridized carbons (Fsp3) is 0.136. The van der Waals surface area contributed by atoms with Crippen molar-refractivity contribution in [1.29, 1.82) is 0 Å². The molecular weight excluding hydrogens is 386 g/mol. The molecule has 4 rings (SSSR count). The van der Waals surface area contributed by atoms with Crippen molar-refractivity contribution in [2.75, 3.05) is 11.9 Å². The molecule has 7 heteroatoms. The van der Waals surface area contributed by atoms with Gasteiger partial charge in [-0.25, -0.2) is 4.98 Å². The number of hydrogen-bond donors (Lipinski definition) is 2. The normalized spacial score (nSPS) is 10.8. The summed E-state index contributed by atoms with van der Waals surface area (Å²) >= 11 is 1.48. The third kappa shape index (κ3) is 4.70. The number of hydrogen-bond acceptors (Lipinski definition) is 5. The Labute approximate surface area is 171 Å². The van der Waals surface area contributed by atoms with Crippen molar-refractivity contribution in [2.45, 2.75) is 12.8 Å². The molecule has 4 aromatic rings. The zero-order valence-corrected chi connectivity index (χ0v) is 16.4. The molecule has 6 nitrogen and oxygen atoms in total. The van der Waals surface area contributed by atoms with E-state index in [1.54, 1.807) is 11.4 Å². The van der Waals surface area contributed by atoms with E-state index in [-0.39, 0.29) is 11.8 Å². The van der Waals surface area contributed by atoms with E-state index >= 15 is 0 Å². The number of benzene rings is 2. The molecule has 0 saturated carbocycles. The van der Waals surface area contributed by atoms with Crippen LogP contribution in [0.1, 0.15) is 23.2 Å². The lowest BCUT2D eigenvalue weighted by molar-refractivity contribution is -0.116. The molecule has 0 radical (unpaired) electrons. The van der Waals surface area contributed by atoms with Crippen LogP contribution in [0.5, 0.6) is 0 Å². The van der Waals surface area contributed by atoms with Crippen LogP contribution in [0.2, 0.25) is 0 Å². The number of carbonyl (C=O) groups excluding carboxylic acids is 2. The maximum atomic E-state index is 12.1. The first-order valence-corrected chi connectivity index (χ1v) is 10.2. The molecule has 2 heterocycles. The fourth-order valence-corrected chi connectivity index (χ4v) is 3.50. The molecule has 0 unspecified atom stereocenters. The second-order valence-electron chi connectivity index (χ2n) is 6.48. The van der Waals surface area contributed by atoms with E-state index in [1.807, 2.05) is 53.9 Å². The van der Waals surface area contributed by atoms with Gasteiger partial charge in [-0.15, -0.1) is 0 Å². The van der Waals surface area contributed by atoms with Gasteiger partial charge in [-0.3, -0.25) is 9.59 Å². The number of rotatable bonds is 7. The van der Waals surface area contributed by atoms with Crippen LogP contribution < -0.4 is 10.6 Å². The van der Waals surface area contributed by atoms with Gasteiger partial charge in [0.15, 0.2) is 5.58 Å². The molecule has 2 amide bonds. The maximum absolute atomic E-state index is 12.1. The zero-order chi connectivity index (χ0) is 20.1. The molecule has 0 fully saturated rings. The van der Waals surface area contributed by atoms with Crippen LogP contribution in [0.15, 0.2) is 69.8 Å². The number of para-hydroxylation sites is 2. The third-order valence-electron chi connectivity index (χ3n) is 4.36. The molecular formula is C22H19N3O3S. The SMILES string of the molecule is O=C(CCCNC(=O)c1ccsc1)Nc1ccc(-c2nc3ccccc3o2)cc1. The van der Waals surface area contributed by atoms with E-state index in [0.717, 1.165) is 16.7 Å². The highest BCUT2D eigenvalue weighted by molar-refractivity contribution is 7.08. The molecule has 0 aliphatic rings. The van der Waals surface area contributed by atoms with Crippen LogP contribution in [0.3, 0.4) is 0 Å². The summed E-state index contributed by atoms with van der Waals surface area (Å²) in [6.45, 7) is 0.457. The molecule has 0 spiro atoms. The number of carbonyl (C=O) groups is 2. The Morgan fingerprint density at radius 1 is 1.03 bits per heavy atom. The summed E-state index contributed by atoms with van der Waals surface area (Å²) in [7, 11) is 0. The minimum Gasteiger partial charge on any atom is -0.436 e. The molecule has 2 aromatic heterocycles. The summed E-state index contributed by atoms with van der Waals surface area (Å²) < 4.78 is 5.75. The van der Waals surface area contributed by atoms with Crippen LogP contribution in [-0.4, -0.2) is 23.3 Å². The number of oxazole rings is 1. The largest absolute Gasteiger partial charge is 0.436 e. The summed E-state index contributed by atoms with van der Waals surface area (Å²) in [4.78, 5) is 28.4. The molecule has 146 valence electrons. The molecule has 29 heavy (non-hydrogen) atoms. The average molecular weight is 405 g/mol. The van der Waals surface area contributed by atoms with E-state index in [0.29, 0.717) is 36.5 Å². The predicted octanol–water partition coefficient (Wildman–Crippen LogP) is 4.71. The van der Waals surface area contributed by atoms with Gasteiger partial charge in [0.2, 0.25) is 11.8 Å². The number of amides is 2. The van der Waals surface area contributed by atoms with Gasteiger partial charge < -0.3 is 15.1 Å². The van der Waals surface area contributed by atoms with E-state index < -0.39 is 0 Å². The third-order valence-corrected chi connectivity index (χ3v) is 5.04. The first-order chi connectivity index (χ1) is 14.2. The van der Waals surface area contributed by atoms with Gasteiger partial charge in [-0.1, -0.05) is 12.1 Å². The lowest BCUT2D eigenvalue weighted by Crippen LogP contribution is -2.25. The summed E-state index contributed by atoms with van der Waals surface area (Å²) in [6, 6.07) is 16.7. The Morgan fingerprint density at radius 3 is 2.62 bits per heavy atom. The smallest absolute Gasteiger partial charge is 0.252 e. The van der Waals surface area contributed by atoms with Gasteiger partial charge in [0.1, 0.15) is 5.52 Å². The minimum absolute atomic E-state index is 0.0932. The van der Waals surface area contributed by atoms with Gasteiger partial charge in [-0.2, -0.15) is 11.3 Å². The number of aromatic nitrogens is 1. The maximum Gasteiger partial charge on any atom is 0.252 e. The second kappa shape index (κ2) is 8.70.